The fraction of sp³-hybridized carbons (Fsp3) is 0.455. The standard InChI is InChI=1S/C11H15ClN4O2/c1-3-4-13-11(18)7(2)16-10-8(5-17)9(12)14-6-15-10/h5-7H,3-4H2,1-2H3,(H,13,18)(H,14,15,16). The zero-order valence-corrected chi connectivity index (χ0v) is 11.0. The highest BCUT2D eigenvalue weighted by molar-refractivity contribution is 6.32. The lowest BCUT2D eigenvalue weighted by molar-refractivity contribution is -0.121. The van der Waals surface area contributed by atoms with Crippen LogP contribution in [0, 0.1) is 0 Å². The third kappa shape index (κ3) is 3.66. The van der Waals surface area contributed by atoms with Crippen LogP contribution in [0.25, 0.3) is 0 Å². The van der Waals surface area contributed by atoms with Crippen molar-refractivity contribution in [2.45, 2.75) is 26.3 Å². The zero-order valence-electron chi connectivity index (χ0n) is 10.2. The largest absolute Gasteiger partial charge is 0.358 e. The van der Waals surface area contributed by atoms with Gasteiger partial charge in [-0.15, -0.1) is 0 Å². The molecule has 18 heavy (non-hydrogen) atoms. The fourth-order valence-corrected chi connectivity index (χ4v) is 1.44. The molecular weight excluding hydrogens is 256 g/mol. The number of hydrogen-bond donors (Lipinski definition) is 2. The second-order valence-corrected chi connectivity index (χ2v) is 4.06. The smallest absolute Gasteiger partial charge is 0.242 e. The van der Waals surface area contributed by atoms with E-state index < -0.39 is 6.04 Å². The first-order valence-electron chi connectivity index (χ1n) is 5.60. The van der Waals surface area contributed by atoms with Gasteiger partial charge in [-0.1, -0.05) is 18.5 Å². The SMILES string of the molecule is CCCNC(=O)C(C)Nc1ncnc(Cl)c1C=O. The van der Waals surface area contributed by atoms with Crippen LogP contribution in [-0.2, 0) is 4.79 Å². The molecule has 7 heteroatoms. The first-order chi connectivity index (χ1) is 8.60. The summed E-state index contributed by atoms with van der Waals surface area (Å²) in [6.07, 6.45) is 2.65. The molecule has 1 rings (SSSR count). The predicted molar refractivity (Wildman–Crippen MR) is 68.8 cm³/mol. The van der Waals surface area contributed by atoms with Crippen LogP contribution in [-0.4, -0.2) is 34.7 Å². The Morgan fingerprint density at radius 1 is 1.56 bits per heavy atom. The summed E-state index contributed by atoms with van der Waals surface area (Å²) in [6, 6.07) is -0.513. The summed E-state index contributed by atoms with van der Waals surface area (Å²) in [6.45, 7) is 4.25. The summed E-state index contributed by atoms with van der Waals surface area (Å²) in [5, 5.41) is 5.63. The molecule has 1 aromatic rings. The van der Waals surface area contributed by atoms with Crippen LogP contribution in [0.3, 0.4) is 0 Å². The summed E-state index contributed by atoms with van der Waals surface area (Å²) >= 11 is 5.75. The van der Waals surface area contributed by atoms with Crippen molar-refractivity contribution in [2.24, 2.45) is 0 Å². The van der Waals surface area contributed by atoms with E-state index in [1.807, 2.05) is 6.92 Å². The van der Waals surface area contributed by atoms with Crippen LogP contribution in [0.4, 0.5) is 5.82 Å². The van der Waals surface area contributed by atoms with Crippen molar-refractivity contribution in [2.75, 3.05) is 11.9 Å². The third-order valence-corrected chi connectivity index (χ3v) is 2.55. The third-order valence-electron chi connectivity index (χ3n) is 2.25. The molecule has 0 aliphatic rings. The molecule has 2 N–H and O–H groups in total. The maximum atomic E-state index is 11.7. The Balaban J connectivity index is 2.75. The average Bonchev–Trinajstić information content (AvgIpc) is 2.36. The van der Waals surface area contributed by atoms with Gasteiger partial charge in [0.2, 0.25) is 5.91 Å². The molecule has 1 heterocycles. The average molecular weight is 271 g/mol. The van der Waals surface area contributed by atoms with Crippen molar-refractivity contribution in [3.05, 3.63) is 17.0 Å². The molecule has 0 fully saturated rings. The second-order valence-electron chi connectivity index (χ2n) is 3.70. The number of aldehydes is 1. The van der Waals surface area contributed by atoms with E-state index in [9.17, 15) is 9.59 Å². The van der Waals surface area contributed by atoms with Gasteiger partial charge in [0, 0.05) is 6.54 Å². The minimum atomic E-state index is -0.513. The summed E-state index contributed by atoms with van der Waals surface area (Å²) < 4.78 is 0. The van der Waals surface area contributed by atoms with Crippen molar-refractivity contribution >= 4 is 29.6 Å². The number of carbonyl (C=O) groups is 2. The second kappa shape index (κ2) is 6.90. The number of rotatable bonds is 6. The molecule has 1 amide bonds. The van der Waals surface area contributed by atoms with Crippen LogP contribution in [0.5, 0.6) is 0 Å². The van der Waals surface area contributed by atoms with Crippen molar-refractivity contribution < 1.29 is 9.59 Å². The van der Waals surface area contributed by atoms with Gasteiger partial charge in [-0.3, -0.25) is 9.59 Å². The molecule has 0 aromatic carbocycles. The van der Waals surface area contributed by atoms with E-state index in [2.05, 4.69) is 20.6 Å². The van der Waals surface area contributed by atoms with Gasteiger partial charge < -0.3 is 10.6 Å². The number of anilines is 1. The summed E-state index contributed by atoms with van der Waals surface area (Å²) in [5.41, 5.74) is 0.148. The minimum absolute atomic E-state index is 0.0590. The first-order valence-corrected chi connectivity index (χ1v) is 5.97. The summed E-state index contributed by atoms with van der Waals surface area (Å²) in [5.74, 6) is 0.0904. The number of halogens is 1. The lowest BCUT2D eigenvalue weighted by Crippen LogP contribution is -2.38. The quantitative estimate of drug-likeness (QED) is 0.601. The van der Waals surface area contributed by atoms with Gasteiger partial charge in [0.1, 0.15) is 23.3 Å². The van der Waals surface area contributed by atoms with E-state index in [0.717, 1.165) is 6.42 Å². The topological polar surface area (TPSA) is 84.0 Å². The molecule has 1 unspecified atom stereocenters. The van der Waals surface area contributed by atoms with Crippen LogP contribution in [0.1, 0.15) is 30.6 Å². The van der Waals surface area contributed by atoms with Gasteiger partial charge >= 0.3 is 0 Å². The van der Waals surface area contributed by atoms with E-state index in [0.29, 0.717) is 12.8 Å². The van der Waals surface area contributed by atoms with Gasteiger partial charge in [-0.25, -0.2) is 9.97 Å². The lowest BCUT2D eigenvalue weighted by atomic mass is 10.2. The fourth-order valence-electron chi connectivity index (χ4n) is 1.27. The van der Waals surface area contributed by atoms with E-state index in [1.54, 1.807) is 6.92 Å². The Hall–Kier alpha value is -1.69. The van der Waals surface area contributed by atoms with Crippen molar-refractivity contribution in [3.63, 3.8) is 0 Å². The van der Waals surface area contributed by atoms with Gasteiger partial charge in [0.05, 0.1) is 5.56 Å². The molecule has 6 nitrogen and oxygen atoms in total. The zero-order chi connectivity index (χ0) is 13.5. The van der Waals surface area contributed by atoms with Crippen LogP contribution in [0.2, 0.25) is 5.15 Å². The number of nitrogens with one attached hydrogen (secondary N) is 2. The molecule has 1 aromatic heterocycles. The Morgan fingerprint density at radius 3 is 2.89 bits per heavy atom. The van der Waals surface area contributed by atoms with Gasteiger partial charge in [-0.05, 0) is 13.3 Å². The van der Waals surface area contributed by atoms with E-state index in [4.69, 9.17) is 11.6 Å². The maximum absolute atomic E-state index is 11.7. The molecule has 0 bridgehead atoms. The molecule has 0 radical (unpaired) electrons. The number of hydrogen-bond acceptors (Lipinski definition) is 5. The highest BCUT2D eigenvalue weighted by Gasteiger charge is 2.16. The number of carbonyl (C=O) groups excluding carboxylic acids is 2. The summed E-state index contributed by atoms with van der Waals surface area (Å²) in [7, 11) is 0. The molecule has 1 atom stereocenters. The number of nitrogens with zero attached hydrogens (tertiary/aromatic N) is 2. The lowest BCUT2D eigenvalue weighted by Gasteiger charge is -2.15. The van der Waals surface area contributed by atoms with E-state index in [-0.39, 0.29) is 22.4 Å². The molecule has 0 aliphatic carbocycles. The van der Waals surface area contributed by atoms with Crippen molar-refractivity contribution in [1.29, 1.82) is 0 Å². The molecule has 98 valence electrons. The predicted octanol–water partition coefficient (Wildman–Crippen LogP) is 1.27. The monoisotopic (exact) mass is 270 g/mol. The van der Waals surface area contributed by atoms with Crippen molar-refractivity contribution in [3.8, 4) is 0 Å². The molecule has 0 saturated carbocycles. The minimum Gasteiger partial charge on any atom is -0.358 e. The van der Waals surface area contributed by atoms with E-state index >= 15 is 0 Å². The van der Waals surface area contributed by atoms with Crippen molar-refractivity contribution in [1.82, 2.24) is 15.3 Å². The Bertz CT molecular complexity index is 439. The van der Waals surface area contributed by atoms with Gasteiger partial charge in [-0.2, -0.15) is 0 Å². The Kier molecular flexibility index (Phi) is 5.51. The molecular formula is C11H15ClN4O2. The van der Waals surface area contributed by atoms with Gasteiger partial charge in [0.25, 0.3) is 0 Å². The first kappa shape index (κ1) is 14.4. The van der Waals surface area contributed by atoms with Crippen LogP contribution < -0.4 is 10.6 Å². The van der Waals surface area contributed by atoms with Gasteiger partial charge in [0.15, 0.2) is 6.29 Å². The molecule has 0 saturated heterocycles. The maximum Gasteiger partial charge on any atom is 0.242 e. The summed E-state index contributed by atoms with van der Waals surface area (Å²) in [4.78, 5) is 30.1. The molecule has 0 spiro atoms. The highest BCUT2D eigenvalue weighted by atomic mass is 35.5. The Labute approximate surface area is 110 Å². The molecule has 0 aliphatic heterocycles. The van der Waals surface area contributed by atoms with Crippen LogP contribution >= 0.6 is 11.6 Å². The number of aromatic nitrogens is 2. The van der Waals surface area contributed by atoms with Crippen LogP contribution in [0.15, 0.2) is 6.33 Å². The normalized spacial score (nSPS) is 11.7. The Morgan fingerprint density at radius 2 is 2.28 bits per heavy atom. The number of amides is 1. The van der Waals surface area contributed by atoms with E-state index in [1.165, 1.54) is 6.33 Å². The highest BCUT2D eigenvalue weighted by Crippen LogP contribution is 2.17.